The van der Waals surface area contributed by atoms with Crippen LogP contribution in [0.25, 0.3) is 6.08 Å². The first kappa shape index (κ1) is 17.0. The molecule has 0 aliphatic carbocycles. The quantitative estimate of drug-likeness (QED) is 0.658. The molecule has 0 atom stereocenters. The number of amides is 1. The Morgan fingerprint density at radius 2 is 2.12 bits per heavy atom. The standard InChI is InChI=1S/C18H12N2O3S2/c1-23-15-6-5-11(8-14(15)21)9-16-17(22)20(18(24)25-16)13-4-2-3-12(7-13)10-19/h2-9,21H,1H3/b16-9+. The molecule has 2 aromatic carbocycles. The monoisotopic (exact) mass is 368 g/mol. The molecule has 0 aromatic heterocycles. The molecule has 0 saturated carbocycles. The van der Waals surface area contributed by atoms with Crippen LogP contribution in [0.15, 0.2) is 47.4 Å². The highest BCUT2D eigenvalue weighted by molar-refractivity contribution is 8.27. The number of phenolic OH excluding ortho intramolecular Hbond substituents is 1. The Balaban J connectivity index is 1.93. The van der Waals surface area contributed by atoms with E-state index in [0.717, 1.165) is 0 Å². The first-order chi connectivity index (χ1) is 12.0. The maximum atomic E-state index is 12.7. The van der Waals surface area contributed by atoms with Gasteiger partial charge in [0.2, 0.25) is 0 Å². The van der Waals surface area contributed by atoms with Crippen LogP contribution in [0, 0.1) is 11.3 Å². The van der Waals surface area contributed by atoms with Crippen LogP contribution in [-0.2, 0) is 4.79 Å². The summed E-state index contributed by atoms with van der Waals surface area (Å²) in [6.45, 7) is 0. The molecule has 0 radical (unpaired) electrons. The second-order valence-electron chi connectivity index (χ2n) is 5.11. The van der Waals surface area contributed by atoms with E-state index in [-0.39, 0.29) is 11.7 Å². The number of hydrogen-bond donors (Lipinski definition) is 1. The third-order valence-electron chi connectivity index (χ3n) is 3.53. The maximum Gasteiger partial charge on any atom is 0.270 e. The number of thiocarbonyl (C=S) groups is 1. The molecule has 0 bridgehead atoms. The van der Waals surface area contributed by atoms with Crippen molar-refractivity contribution in [1.82, 2.24) is 0 Å². The first-order valence-electron chi connectivity index (χ1n) is 7.18. The Bertz CT molecular complexity index is 948. The lowest BCUT2D eigenvalue weighted by Gasteiger charge is -2.14. The molecule has 1 amide bonds. The highest BCUT2D eigenvalue weighted by Gasteiger charge is 2.33. The lowest BCUT2D eigenvalue weighted by Crippen LogP contribution is -2.27. The van der Waals surface area contributed by atoms with Crippen LogP contribution in [0.4, 0.5) is 5.69 Å². The molecule has 1 aliphatic rings. The number of carbonyl (C=O) groups excluding carboxylic acids is 1. The van der Waals surface area contributed by atoms with Gasteiger partial charge in [-0.1, -0.05) is 36.1 Å². The summed E-state index contributed by atoms with van der Waals surface area (Å²) in [6, 6.07) is 13.6. The second-order valence-corrected chi connectivity index (χ2v) is 6.79. The summed E-state index contributed by atoms with van der Waals surface area (Å²) in [5.74, 6) is 0.0897. The number of phenols is 1. The number of benzene rings is 2. The zero-order valence-corrected chi connectivity index (χ0v) is 14.7. The van der Waals surface area contributed by atoms with Crippen molar-refractivity contribution in [2.24, 2.45) is 0 Å². The molecule has 5 nitrogen and oxygen atoms in total. The Morgan fingerprint density at radius 3 is 2.80 bits per heavy atom. The Kier molecular flexibility index (Phi) is 4.74. The molecule has 0 unspecified atom stereocenters. The number of methoxy groups -OCH3 is 1. The number of carbonyl (C=O) groups is 1. The average Bonchev–Trinajstić information content (AvgIpc) is 2.88. The minimum atomic E-state index is -0.264. The second kappa shape index (κ2) is 6.97. The third kappa shape index (κ3) is 3.36. The van der Waals surface area contributed by atoms with Crippen LogP contribution in [0.5, 0.6) is 11.5 Å². The van der Waals surface area contributed by atoms with Crippen molar-refractivity contribution in [3.8, 4) is 17.6 Å². The molecule has 25 heavy (non-hydrogen) atoms. The number of anilines is 1. The van der Waals surface area contributed by atoms with Gasteiger partial charge in [-0.15, -0.1) is 0 Å². The number of hydrogen-bond acceptors (Lipinski definition) is 6. The van der Waals surface area contributed by atoms with Crippen molar-refractivity contribution in [2.45, 2.75) is 0 Å². The predicted octanol–water partition coefficient (Wildman–Crippen LogP) is 3.68. The van der Waals surface area contributed by atoms with Crippen LogP contribution >= 0.6 is 24.0 Å². The van der Waals surface area contributed by atoms with Crippen molar-refractivity contribution in [2.75, 3.05) is 12.0 Å². The Hall–Kier alpha value is -2.82. The molecule has 1 aliphatic heterocycles. The van der Waals surface area contributed by atoms with Gasteiger partial charge in [0.05, 0.1) is 29.3 Å². The summed E-state index contributed by atoms with van der Waals surface area (Å²) < 4.78 is 5.40. The zero-order chi connectivity index (χ0) is 18.0. The van der Waals surface area contributed by atoms with Crippen LogP contribution in [0.3, 0.4) is 0 Å². The van der Waals surface area contributed by atoms with Gasteiger partial charge in [0.25, 0.3) is 5.91 Å². The number of nitrogens with zero attached hydrogens (tertiary/aromatic N) is 2. The summed E-state index contributed by atoms with van der Waals surface area (Å²) in [7, 11) is 1.47. The fourth-order valence-electron chi connectivity index (χ4n) is 2.35. The van der Waals surface area contributed by atoms with Crippen molar-refractivity contribution in [1.29, 1.82) is 5.26 Å². The summed E-state index contributed by atoms with van der Waals surface area (Å²) in [5, 5.41) is 18.9. The smallest absolute Gasteiger partial charge is 0.270 e. The predicted molar refractivity (Wildman–Crippen MR) is 101 cm³/mol. The fourth-order valence-corrected chi connectivity index (χ4v) is 3.65. The number of thioether (sulfide) groups is 1. The van der Waals surface area contributed by atoms with Gasteiger partial charge in [-0.05, 0) is 42.0 Å². The lowest BCUT2D eigenvalue weighted by atomic mass is 10.1. The SMILES string of the molecule is COc1ccc(/C=C2/SC(=S)N(c3cccc(C#N)c3)C2=O)cc1O. The first-order valence-corrected chi connectivity index (χ1v) is 8.41. The van der Waals surface area contributed by atoms with Gasteiger partial charge >= 0.3 is 0 Å². The Morgan fingerprint density at radius 1 is 1.32 bits per heavy atom. The maximum absolute atomic E-state index is 12.7. The molecule has 0 spiro atoms. The molecule has 1 heterocycles. The van der Waals surface area contributed by atoms with Crippen LogP contribution in [0.1, 0.15) is 11.1 Å². The van der Waals surface area contributed by atoms with E-state index in [1.807, 2.05) is 6.07 Å². The van der Waals surface area contributed by atoms with E-state index in [0.29, 0.717) is 31.8 Å². The molecule has 1 saturated heterocycles. The van der Waals surface area contributed by atoms with Crippen molar-refractivity contribution < 1.29 is 14.6 Å². The van der Waals surface area contributed by atoms with E-state index in [1.54, 1.807) is 42.5 Å². The van der Waals surface area contributed by atoms with Crippen molar-refractivity contribution >= 4 is 46.0 Å². The molecule has 1 N–H and O–H groups in total. The van der Waals surface area contributed by atoms with E-state index in [1.165, 1.54) is 29.8 Å². The average molecular weight is 368 g/mol. The van der Waals surface area contributed by atoms with E-state index >= 15 is 0 Å². The lowest BCUT2D eigenvalue weighted by molar-refractivity contribution is -0.113. The molecule has 124 valence electrons. The van der Waals surface area contributed by atoms with Crippen LogP contribution < -0.4 is 9.64 Å². The number of rotatable bonds is 3. The minimum Gasteiger partial charge on any atom is -0.504 e. The van der Waals surface area contributed by atoms with Gasteiger partial charge in [0.1, 0.15) is 0 Å². The molecule has 7 heteroatoms. The minimum absolute atomic E-state index is 0.00606. The topological polar surface area (TPSA) is 73.6 Å². The molecular weight excluding hydrogens is 356 g/mol. The van der Waals surface area contributed by atoms with Gasteiger partial charge in [-0.3, -0.25) is 9.69 Å². The zero-order valence-electron chi connectivity index (χ0n) is 13.1. The molecule has 1 fully saturated rings. The molecule has 2 aromatic rings. The third-order valence-corrected chi connectivity index (χ3v) is 4.83. The van der Waals surface area contributed by atoms with Crippen molar-refractivity contribution in [3.05, 3.63) is 58.5 Å². The van der Waals surface area contributed by atoms with Crippen LogP contribution in [0.2, 0.25) is 0 Å². The largest absolute Gasteiger partial charge is 0.504 e. The summed E-state index contributed by atoms with van der Waals surface area (Å²) >= 11 is 6.49. The normalized spacial score (nSPS) is 15.5. The van der Waals surface area contributed by atoms with Gasteiger partial charge in [0, 0.05) is 0 Å². The summed E-state index contributed by atoms with van der Waals surface area (Å²) in [5.41, 5.74) is 1.67. The van der Waals surface area contributed by atoms with Crippen molar-refractivity contribution in [3.63, 3.8) is 0 Å². The van der Waals surface area contributed by atoms with Gasteiger partial charge in [0.15, 0.2) is 15.8 Å². The highest BCUT2D eigenvalue weighted by atomic mass is 32.2. The van der Waals surface area contributed by atoms with Gasteiger partial charge in [-0.25, -0.2) is 0 Å². The molecular formula is C18H12N2O3S2. The van der Waals surface area contributed by atoms with E-state index in [9.17, 15) is 9.90 Å². The number of nitriles is 1. The highest BCUT2D eigenvalue weighted by Crippen LogP contribution is 2.37. The Labute approximate surface area is 154 Å². The van der Waals surface area contributed by atoms with E-state index < -0.39 is 0 Å². The summed E-state index contributed by atoms with van der Waals surface area (Å²) in [4.78, 5) is 14.5. The van der Waals surface area contributed by atoms with Crippen LogP contribution in [-0.4, -0.2) is 22.4 Å². The fraction of sp³-hybridized carbons (Fsp3) is 0.0556. The number of ether oxygens (including phenoxy) is 1. The van der Waals surface area contributed by atoms with E-state index in [4.69, 9.17) is 22.2 Å². The van der Waals surface area contributed by atoms with Gasteiger partial charge < -0.3 is 9.84 Å². The summed E-state index contributed by atoms with van der Waals surface area (Å²) in [6.07, 6.45) is 1.66. The number of aromatic hydroxyl groups is 1. The van der Waals surface area contributed by atoms with Gasteiger partial charge in [-0.2, -0.15) is 5.26 Å². The van der Waals surface area contributed by atoms with E-state index in [2.05, 4.69) is 0 Å². The molecule has 3 rings (SSSR count).